The van der Waals surface area contributed by atoms with Crippen molar-refractivity contribution in [2.24, 2.45) is 5.73 Å². The first kappa shape index (κ1) is 20.9. The summed E-state index contributed by atoms with van der Waals surface area (Å²) in [6, 6.07) is 2.71. The molecule has 0 bridgehead atoms. The van der Waals surface area contributed by atoms with E-state index in [1.807, 2.05) is 0 Å². The van der Waals surface area contributed by atoms with Gasteiger partial charge in [0.2, 0.25) is 0 Å². The molecule has 1 heterocycles. The molecule has 0 fully saturated rings. The number of ether oxygens (including phenoxy) is 2. The van der Waals surface area contributed by atoms with E-state index in [0.29, 0.717) is 10.6 Å². The SMILES string of the molecule is COc1cc(N)c(Cl)cc1C(=O)OCC(=O)Nc1sc2c(c1C(N)=O)CCCC2. The van der Waals surface area contributed by atoms with Gasteiger partial charge in [0.1, 0.15) is 16.3 Å². The maximum atomic E-state index is 12.3. The third-order valence-electron chi connectivity index (χ3n) is 4.54. The van der Waals surface area contributed by atoms with Crippen LogP contribution in [-0.2, 0) is 22.4 Å². The summed E-state index contributed by atoms with van der Waals surface area (Å²) in [6.45, 7) is -0.551. The third kappa shape index (κ3) is 4.46. The number of nitrogens with two attached hydrogens (primary N) is 2. The van der Waals surface area contributed by atoms with Crippen molar-refractivity contribution in [2.75, 3.05) is 24.8 Å². The van der Waals surface area contributed by atoms with Crippen LogP contribution in [0, 0.1) is 0 Å². The molecule has 2 aromatic rings. The molecule has 0 spiro atoms. The number of esters is 1. The van der Waals surface area contributed by atoms with Crippen molar-refractivity contribution in [2.45, 2.75) is 25.7 Å². The number of nitrogen functional groups attached to an aromatic ring is 1. The van der Waals surface area contributed by atoms with E-state index in [1.54, 1.807) is 0 Å². The Labute approximate surface area is 176 Å². The fourth-order valence-electron chi connectivity index (χ4n) is 3.18. The van der Waals surface area contributed by atoms with Gasteiger partial charge in [-0.15, -0.1) is 11.3 Å². The van der Waals surface area contributed by atoms with E-state index in [0.717, 1.165) is 36.1 Å². The van der Waals surface area contributed by atoms with Crippen molar-refractivity contribution in [1.82, 2.24) is 0 Å². The molecule has 154 valence electrons. The lowest BCUT2D eigenvalue weighted by Gasteiger charge is -2.11. The van der Waals surface area contributed by atoms with Crippen LogP contribution < -0.4 is 21.5 Å². The fraction of sp³-hybridized carbons (Fsp3) is 0.316. The molecule has 0 unspecified atom stereocenters. The number of amides is 2. The number of primary amides is 1. The standard InChI is InChI=1S/C19H20ClN3O5S/c1-27-13-7-12(21)11(20)6-10(13)19(26)28-8-15(24)23-18-16(17(22)25)9-4-2-3-5-14(9)29-18/h6-7H,2-5,8,21H2,1H3,(H2,22,25)(H,23,24). The van der Waals surface area contributed by atoms with E-state index >= 15 is 0 Å². The average molecular weight is 438 g/mol. The van der Waals surface area contributed by atoms with Crippen LogP contribution in [0.15, 0.2) is 12.1 Å². The highest BCUT2D eigenvalue weighted by Gasteiger charge is 2.25. The van der Waals surface area contributed by atoms with Gasteiger partial charge in [-0.2, -0.15) is 0 Å². The molecule has 0 saturated carbocycles. The number of anilines is 2. The first-order valence-corrected chi connectivity index (χ1v) is 10.1. The number of fused-ring (bicyclic) bond motifs is 1. The van der Waals surface area contributed by atoms with Gasteiger partial charge in [-0.1, -0.05) is 11.6 Å². The molecule has 0 aliphatic heterocycles. The van der Waals surface area contributed by atoms with Crippen LogP contribution in [0.1, 0.15) is 44.0 Å². The minimum atomic E-state index is -0.792. The van der Waals surface area contributed by atoms with E-state index in [2.05, 4.69) is 5.32 Å². The van der Waals surface area contributed by atoms with Crippen LogP contribution in [0.25, 0.3) is 0 Å². The van der Waals surface area contributed by atoms with Crippen molar-refractivity contribution in [1.29, 1.82) is 0 Å². The summed E-state index contributed by atoms with van der Waals surface area (Å²) in [4.78, 5) is 37.6. The normalized spacial score (nSPS) is 12.8. The van der Waals surface area contributed by atoms with E-state index < -0.39 is 24.4 Å². The number of aryl methyl sites for hydroxylation is 1. The largest absolute Gasteiger partial charge is 0.496 e. The number of carbonyl (C=O) groups excluding carboxylic acids is 3. The Bertz CT molecular complexity index is 989. The zero-order valence-corrected chi connectivity index (χ0v) is 17.2. The van der Waals surface area contributed by atoms with Crippen molar-refractivity contribution < 1.29 is 23.9 Å². The molecule has 29 heavy (non-hydrogen) atoms. The predicted molar refractivity (Wildman–Crippen MR) is 111 cm³/mol. The number of nitrogens with one attached hydrogen (secondary N) is 1. The second kappa shape index (κ2) is 8.71. The molecule has 0 atom stereocenters. The summed E-state index contributed by atoms with van der Waals surface area (Å²) >= 11 is 7.28. The molecular formula is C19H20ClN3O5S. The van der Waals surface area contributed by atoms with E-state index in [9.17, 15) is 14.4 Å². The Kier molecular flexibility index (Phi) is 6.29. The highest BCUT2D eigenvalue weighted by Crippen LogP contribution is 2.38. The Morgan fingerprint density at radius 2 is 1.97 bits per heavy atom. The van der Waals surface area contributed by atoms with Crippen molar-refractivity contribution in [3.8, 4) is 5.75 Å². The van der Waals surface area contributed by atoms with Crippen LogP contribution in [-0.4, -0.2) is 31.5 Å². The highest BCUT2D eigenvalue weighted by atomic mass is 35.5. The van der Waals surface area contributed by atoms with Gasteiger partial charge in [0.15, 0.2) is 6.61 Å². The van der Waals surface area contributed by atoms with Gasteiger partial charge in [0.05, 0.1) is 23.4 Å². The quantitative estimate of drug-likeness (QED) is 0.470. The number of rotatable bonds is 6. The number of halogens is 1. The second-order valence-corrected chi connectivity index (χ2v) is 7.99. The summed E-state index contributed by atoms with van der Waals surface area (Å²) < 4.78 is 10.2. The molecule has 1 aliphatic carbocycles. The highest BCUT2D eigenvalue weighted by molar-refractivity contribution is 7.17. The first-order valence-electron chi connectivity index (χ1n) is 8.86. The molecule has 0 radical (unpaired) electrons. The number of benzene rings is 1. The number of methoxy groups -OCH3 is 1. The van der Waals surface area contributed by atoms with E-state index in [-0.39, 0.29) is 22.0 Å². The lowest BCUT2D eigenvalue weighted by atomic mass is 9.95. The number of thiophene rings is 1. The van der Waals surface area contributed by atoms with Crippen molar-refractivity contribution in [3.63, 3.8) is 0 Å². The molecule has 3 rings (SSSR count). The van der Waals surface area contributed by atoms with Gasteiger partial charge in [0, 0.05) is 10.9 Å². The predicted octanol–water partition coefficient (Wildman–Crippen LogP) is 2.77. The summed E-state index contributed by atoms with van der Waals surface area (Å²) in [7, 11) is 1.37. The molecule has 10 heteroatoms. The minimum Gasteiger partial charge on any atom is -0.496 e. The van der Waals surface area contributed by atoms with Crippen molar-refractivity contribution >= 4 is 51.4 Å². The first-order chi connectivity index (χ1) is 13.8. The maximum Gasteiger partial charge on any atom is 0.342 e. The average Bonchev–Trinajstić information content (AvgIpc) is 3.05. The van der Waals surface area contributed by atoms with Gasteiger partial charge < -0.3 is 26.3 Å². The van der Waals surface area contributed by atoms with E-state index in [1.165, 1.54) is 30.6 Å². The molecule has 1 aromatic heterocycles. The van der Waals surface area contributed by atoms with Gasteiger partial charge >= 0.3 is 5.97 Å². The molecule has 0 saturated heterocycles. The van der Waals surface area contributed by atoms with Crippen molar-refractivity contribution in [3.05, 3.63) is 38.7 Å². The topological polar surface area (TPSA) is 134 Å². The fourth-order valence-corrected chi connectivity index (χ4v) is 4.66. The summed E-state index contributed by atoms with van der Waals surface area (Å²) in [6.07, 6.45) is 3.61. The summed E-state index contributed by atoms with van der Waals surface area (Å²) in [5.41, 5.74) is 12.7. The smallest absolute Gasteiger partial charge is 0.342 e. The van der Waals surface area contributed by atoms with Gasteiger partial charge in [-0.3, -0.25) is 9.59 Å². The molecule has 8 nitrogen and oxygen atoms in total. The molecule has 1 aliphatic rings. The lowest BCUT2D eigenvalue weighted by molar-refractivity contribution is -0.119. The number of hydrogen-bond donors (Lipinski definition) is 3. The van der Waals surface area contributed by atoms with Crippen LogP contribution >= 0.6 is 22.9 Å². The zero-order valence-electron chi connectivity index (χ0n) is 15.7. The Balaban J connectivity index is 1.70. The second-order valence-electron chi connectivity index (χ2n) is 6.48. The van der Waals surface area contributed by atoms with Crippen LogP contribution in [0.3, 0.4) is 0 Å². The Morgan fingerprint density at radius 1 is 1.24 bits per heavy atom. The minimum absolute atomic E-state index is 0.0453. The monoisotopic (exact) mass is 437 g/mol. The zero-order chi connectivity index (χ0) is 21.1. The molecular weight excluding hydrogens is 418 g/mol. The van der Waals surface area contributed by atoms with Crippen LogP contribution in [0.5, 0.6) is 5.75 Å². The summed E-state index contributed by atoms with van der Waals surface area (Å²) in [5.74, 6) is -1.78. The Morgan fingerprint density at radius 3 is 2.66 bits per heavy atom. The maximum absolute atomic E-state index is 12.3. The van der Waals surface area contributed by atoms with E-state index in [4.69, 9.17) is 32.5 Å². The number of hydrogen-bond acceptors (Lipinski definition) is 7. The van der Waals surface area contributed by atoms with Crippen LogP contribution in [0.4, 0.5) is 10.7 Å². The lowest BCUT2D eigenvalue weighted by Crippen LogP contribution is -2.23. The number of carbonyl (C=O) groups is 3. The van der Waals surface area contributed by atoms with Crippen LogP contribution in [0.2, 0.25) is 5.02 Å². The van der Waals surface area contributed by atoms with Gasteiger partial charge in [0.25, 0.3) is 11.8 Å². The van der Waals surface area contributed by atoms with Gasteiger partial charge in [-0.25, -0.2) is 4.79 Å². The molecule has 5 N–H and O–H groups in total. The molecule has 2 amide bonds. The third-order valence-corrected chi connectivity index (χ3v) is 6.08. The van der Waals surface area contributed by atoms with Gasteiger partial charge in [-0.05, 0) is 37.3 Å². The molecule has 1 aromatic carbocycles. The Hall–Kier alpha value is -2.78. The summed E-state index contributed by atoms with van der Waals surface area (Å²) in [5, 5.41) is 3.18.